The minimum absolute atomic E-state index is 0.144. The molecule has 0 radical (unpaired) electrons. The van der Waals surface area contributed by atoms with E-state index >= 15 is 0 Å². The number of methoxy groups -OCH3 is 2. The lowest BCUT2D eigenvalue weighted by Crippen LogP contribution is -2.07. The van der Waals surface area contributed by atoms with Crippen molar-refractivity contribution in [3.05, 3.63) is 12.2 Å². The van der Waals surface area contributed by atoms with Crippen LogP contribution >= 0.6 is 0 Å². The molecule has 0 aromatic carbocycles. The van der Waals surface area contributed by atoms with E-state index in [0.29, 0.717) is 18.9 Å². The van der Waals surface area contributed by atoms with E-state index in [1.54, 1.807) is 7.11 Å². The molecule has 0 aromatic rings. The van der Waals surface area contributed by atoms with Crippen LogP contribution in [0.15, 0.2) is 12.2 Å². The van der Waals surface area contributed by atoms with Crippen molar-refractivity contribution in [2.45, 2.75) is 26.2 Å². The Morgan fingerprint density at radius 2 is 2.07 bits per heavy atom. The summed E-state index contributed by atoms with van der Waals surface area (Å²) in [6, 6.07) is 0. The Morgan fingerprint density at radius 1 is 1.43 bits per heavy atom. The van der Waals surface area contributed by atoms with Crippen LogP contribution in [0.2, 0.25) is 0 Å². The van der Waals surface area contributed by atoms with Crippen molar-refractivity contribution >= 4 is 5.97 Å². The molecule has 0 saturated heterocycles. The van der Waals surface area contributed by atoms with Crippen LogP contribution in [0.1, 0.15) is 26.2 Å². The topological polar surface area (TPSA) is 35.5 Å². The Labute approximate surface area is 86.1 Å². The second-order valence-electron chi connectivity index (χ2n) is 3.61. The molecule has 0 bridgehead atoms. The molecule has 0 rings (SSSR count). The van der Waals surface area contributed by atoms with Gasteiger partial charge in [0.15, 0.2) is 0 Å². The molecule has 0 amide bonds. The largest absolute Gasteiger partial charge is 0.469 e. The zero-order valence-electron chi connectivity index (χ0n) is 9.34. The SMILES string of the molecule is C=C(CCC(C)CC(=O)OC)COC. The zero-order chi connectivity index (χ0) is 11.0. The van der Waals surface area contributed by atoms with Gasteiger partial charge in [0.05, 0.1) is 13.7 Å². The molecule has 0 N–H and O–H groups in total. The van der Waals surface area contributed by atoms with Crippen LogP contribution < -0.4 is 0 Å². The Balaban J connectivity index is 3.57. The van der Waals surface area contributed by atoms with E-state index < -0.39 is 0 Å². The minimum Gasteiger partial charge on any atom is -0.469 e. The van der Waals surface area contributed by atoms with E-state index in [1.165, 1.54) is 7.11 Å². The van der Waals surface area contributed by atoms with Crippen LogP contribution in [-0.4, -0.2) is 26.8 Å². The minimum atomic E-state index is -0.144. The normalized spacial score (nSPS) is 12.2. The number of carbonyl (C=O) groups excluding carboxylic acids is 1. The molecular formula is C11H20O3. The highest BCUT2D eigenvalue weighted by Gasteiger charge is 2.09. The van der Waals surface area contributed by atoms with Gasteiger partial charge in [-0.25, -0.2) is 0 Å². The molecule has 3 nitrogen and oxygen atoms in total. The third-order valence-corrected chi connectivity index (χ3v) is 2.08. The average molecular weight is 200 g/mol. The van der Waals surface area contributed by atoms with Crippen LogP contribution in [0.5, 0.6) is 0 Å². The molecule has 0 aliphatic rings. The van der Waals surface area contributed by atoms with Crippen LogP contribution in [-0.2, 0) is 14.3 Å². The Hall–Kier alpha value is -0.830. The second kappa shape index (κ2) is 7.56. The van der Waals surface area contributed by atoms with E-state index in [0.717, 1.165) is 18.4 Å². The molecule has 3 heteroatoms. The molecule has 0 aliphatic heterocycles. The van der Waals surface area contributed by atoms with Gasteiger partial charge in [0.25, 0.3) is 0 Å². The maximum absolute atomic E-state index is 10.9. The number of carbonyl (C=O) groups is 1. The Kier molecular flexibility index (Phi) is 7.11. The lowest BCUT2D eigenvalue weighted by molar-refractivity contribution is -0.141. The third-order valence-electron chi connectivity index (χ3n) is 2.08. The highest BCUT2D eigenvalue weighted by Crippen LogP contribution is 2.14. The number of esters is 1. The van der Waals surface area contributed by atoms with E-state index in [1.807, 2.05) is 6.92 Å². The molecule has 0 fully saturated rings. The van der Waals surface area contributed by atoms with Crippen LogP contribution in [0.4, 0.5) is 0 Å². The molecule has 0 aromatic heterocycles. The van der Waals surface area contributed by atoms with Gasteiger partial charge in [-0.05, 0) is 18.8 Å². The quantitative estimate of drug-likeness (QED) is 0.466. The Morgan fingerprint density at radius 3 is 2.57 bits per heavy atom. The first-order chi connectivity index (χ1) is 6.60. The maximum Gasteiger partial charge on any atom is 0.305 e. The highest BCUT2D eigenvalue weighted by atomic mass is 16.5. The van der Waals surface area contributed by atoms with Gasteiger partial charge in [0.1, 0.15) is 0 Å². The van der Waals surface area contributed by atoms with Crippen molar-refractivity contribution < 1.29 is 14.3 Å². The predicted molar refractivity (Wildman–Crippen MR) is 56.0 cm³/mol. The summed E-state index contributed by atoms with van der Waals surface area (Å²) in [6.07, 6.45) is 2.35. The summed E-state index contributed by atoms with van der Waals surface area (Å²) in [5.41, 5.74) is 1.07. The molecule has 0 saturated carbocycles. The van der Waals surface area contributed by atoms with E-state index in [-0.39, 0.29) is 5.97 Å². The van der Waals surface area contributed by atoms with Gasteiger partial charge < -0.3 is 9.47 Å². The summed E-state index contributed by atoms with van der Waals surface area (Å²) < 4.78 is 9.54. The van der Waals surface area contributed by atoms with Gasteiger partial charge in [-0.15, -0.1) is 0 Å². The summed E-state index contributed by atoms with van der Waals surface area (Å²) in [6.45, 7) is 6.52. The van der Waals surface area contributed by atoms with Crippen molar-refractivity contribution in [2.24, 2.45) is 5.92 Å². The molecule has 0 heterocycles. The lowest BCUT2D eigenvalue weighted by atomic mass is 9.99. The van der Waals surface area contributed by atoms with Gasteiger partial charge in [0.2, 0.25) is 0 Å². The van der Waals surface area contributed by atoms with Crippen molar-refractivity contribution in [3.8, 4) is 0 Å². The fourth-order valence-corrected chi connectivity index (χ4v) is 1.20. The second-order valence-corrected chi connectivity index (χ2v) is 3.61. The Bertz CT molecular complexity index is 187. The molecule has 14 heavy (non-hydrogen) atoms. The fraction of sp³-hybridized carbons (Fsp3) is 0.727. The van der Waals surface area contributed by atoms with Crippen molar-refractivity contribution in [3.63, 3.8) is 0 Å². The third kappa shape index (κ3) is 6.66. The van der Waals surface area contributed by atoms with E-state index in [2.05, 4.69) is 11.3 Å². The molecular weight excluding hydrogens is 180 g/mol. The van der Waals surface area contributed by atoms with Crippen molar-refractivity contribution in [1.29, 1.82) is 0 Å². The predicted octanol–water partition coefficient (Wildman–Crippen LogP) is 2.17. The van der Waals surface area contributed by atoms with Gasteiger partial charge >= 0.3 is 5.97 Å². The van der Waals surface area contributed by atoms with Crippen LogP contribution in [0, 0.1) is 5.92 Å². The summed E-state index contributed by atoms with van der Waals surface area (Å²) in [5.74, 6) is 0.200. The lowest BCUT2D eigenvalue weighted by Gasteiger charge is -2.10. The molecule has 1 atom stereocenters. The molecule has 1 unspecified atom stereocenters. The summed E-state index contributed by atoms with van der Waals surface area (Å²) in [5, 5.41) is 0. The monoisotopic (exact) mass is 200 g/mol. The molecule has 82 valence electrons. The van der Waals surface area contributed by atoms with Gasteiger partial charge in [0, 0.05) is 13.5 Å². The van der Waals surface area contributed by atoms with Crippen molar-refractivity contribution in [1.82, 2.24) is 0 Å². The zero-order valence-corrected chi connectivity index (χ0v) is 9.34. The first-order valence-electron chi connectivity index (χ1n) is 4.82. The summed E-state index contributed by atoms with van der Waals surface area (Å²) >= 11 is 0. The number of hydrogen-bond donors (Lipinski definition) is 0. The fourth-order valence-electron chi connectivity index (χ4n) is 1.20. The standard InChI is InChI=1S/C11H20O3/c1-9(7-11(12)14-4)5-6-10(2)8-13-3/h9H,2,5-8H2,1,3-4H3. The molecule has 0 aliphatic carbocycles. The first-order valence-corrected chi connectivity index (χ1v) is 4.82. The first kappa shape index (κ1) is 13.2. The smallest absolute Gasteiger partial charge is 0.305 e. The number of rotatable bonds is 7. The van der Waals surface area contributed by atoms with E-state index in [4.69, 9.17) is 4.74 Å². The number of hydrogen-bond acceptors (Lipinski definition) is 3. The summed E-state index contributed by atoms with van der Waals surface area (Å²) in [7, 11) is 3.07. The maximum atomic E-state index is 10.9. The van der Waals surface area contributed by atoms with E-state index in [9.17, 15) is 4.79 Å². The van der Waals surface area contributed by atoms with Gasteiger partial charge in [-0.2, -0.15) is 0 Å². The number of ether oxygens (including phenoxy) is 2. The highest BCUT2D eigenvalue weighted by molar-refractivity contribution is 5.69. The summed E-state index contributed by atoms with van der Waals surface area (Å²) in [4.78, 5) is 10.9. The average Bonchev–Trinajstić information content (AvgIpc) is 2.15. The van der Waals surface area contributed by atoms with Crippen LogP contribution in [0.25, 0.3) is 0 Å². The van der Waals surface area contributed by atoms with Crippen molar-refractivity contribution in [2.75, 3.05) is 20.8 Å². The van der Waals surface area contributed by atoms with Gasteiger partial charge in [-0.1, -0.05) is 19.1 Å². The van der Waals surface area contributed by atoms with Crippen LogP contribution in [0.3, 0.4) is 0 Å². The molecule has 0 spiro atoms. The van der Waals surface area contributed by atoms with Gasteiger partial charge in [-0.3, -0.25) is 4.79 Å².